The standard InChI is InChI=1S/C20H24N2O3S/c23-20(13-18-10-5-11-21-18)22-19-9-4-8-17(12-19)15-26(24,25)14-16-6-2-1-3-7-16/h1-4,6-9,12,18,21H,5,10-11,13-15H2,(H,22,23). The molecular weight excluding hydrogens is 348 g/mol. The van der Waals surface area contributed by atoms with Crippen LogP contribution in [0.25, 0.3) is 0 Å². The Hall–Kier alpha value is -2.18. The van der Waals surface area contributed by atoms with Crippen LogP contribution >= 0.6 is 0 Å². The maximum Gasteiger partial charge on any atom is 0.225 e. The SMILES string of the molecule is O=C(CC1CCCN1)Nc1cccc(CS(=O)(=O)Cc2ccccc2)c1. The highest BCUT2D eigenvalue weighted by Crippen LogP contribution is 2.17. The van der Waals surface area contributed by atoms with E-state index in [-0.39, 0.29) is 23.5 Å². The molecular formula is C20H24N2O3S. The molecule has 0 bridgehead atoms. The fourth-order valence-electron chi connectivity index (χ4n) is 3.24. The van der Waals surface area contributed by atoms with Crippen LogP contribution in [-0.4, -0.2) is 26.9 Å². The van der Waals surface area contributed by atoms with Gasteiger partial charge in [-0.25, -0.2) is 8.42 Å². The van der Waals surface area contributed by atoms with Crippen molar-refractivity contribution in [2.75, 3.05) is 11.9 Å². The van der Waals surface area contributed by atoms with E-state index >= 15 is 0 Å². The molecule has 2 aromatic rings. The Morgan fingerprint density at radius 2 is 1.77 bits per heavy atom. The molecule has 1 aliphatic heterocycles. The van der Waals surface area contributed by atoms with Crippen LogP contribution in [0, 0.1) is 0 Å². The third-order valence-corrected chi connectivity index (χ3v) is 5.97. The van der Waals surface area contributed by atoms with Gasteiger partial charge < -0.3 is 10.6 Å². The zero-order valence-corrected chi connectivity index (χ0v) is 15.5. The zero-order chi connectivity index (χ0) is 18.4. The monoisotopic (exact) mass is 372 g/mol. The quantitative estimate of drug-likeness (QED) is 0.784. The smallest absolute Gasteiger partial charge is 0.225 e. The number of sulfone groups is 1. The molecule has 1 amide bonds. The highest BCUT2D eigenvalue weighted by atomic mass is 32.2. The molecule has 1 aliphatic rings. The first-order valence-corrected chi connectivity index (χ1v) is 10.7. The summed E-state index contributed by atoms with van der Waals surface area (Å²) in [7, 11) is -3.27. The molecule has 0 radical (unpaired) electrons. The van der Waals surface area contributed by atoms with Crippen LogP contribution in [0.2, 0.25) is 0 Å². The predicted molar refractivity (Wildman–Crippen MR) is 103 cm³/mol. The van der Waals surface area contributed by atoms with E-state index in [0.717, 1.165) is 24.9 Å². The lowest BCUT2D eigenvalue weighted by Crippen LogP contribution is -2.27. The van der Waals surface area contributed by atoms with Crippen LogP contribution in [0.4, 0.5) is 5.69 Å². The molecule has 2 aromatic carbocycles. The second kappa shape index (κ2) is 8.47. The summed E-state index contributed by atoms with van der Waals surface area (Å²) >= 11 is 0. The van der Waals surface area contributed by atoms with E-state index in [9.17, 15) is 13.2 Å². The molecule has 5 nitrogen and oxygen atoms in total. The van der Waals surface area contributed by atoms with Gasteiger partial charge in [0.25, 0.3) is 0 Å². The van der Waals surface area contributed by atoms with Gasteiger partial charge in [-0.05, 0) is 42.6 Å². The molecule has 1 fully saturated rings. The summed E-state index contributed by atoms with van der Waals surface area (Å²) in [5.41, 5.74) is 2.10. The van der Waals surface area contributed by atoms with Crippen LogP contribution in [0.1, 0.15) is 30.4 Å². The summed E-state index contributed by atoms with van der Waals surface area (Å²) in [6, 6.07) is 16.5. The molecule has 0 aliphatic carbocycles. The first-order chi connectivity index (χ1) is 12.5. The zero-order valence-electron chi connectivity index (χ0n) is 14.6. The van der Waals surface area contributed by atoms with Crippen molar-refractivity contribution in [2.24, 2.45) is 0 Å². The van der Waals surface area contributed by atoms with Gasteiger partial charge in [0.1, 0.15) is 0 Å². The minimum Gasteiger partial charge on any atom is -0.326 e. The van der Waals surface area contributed by atoms with Crippen LogP contribution in [0.15, 0.2) is 54.6 Å². The van der Waals surface area contributed by atoms with Gasteiger partial charge in [0, 0.05) is 18.2 Å². The van der Waals surface area contributed by atoms with Gasteiger partial charge in [0.2, 0.25) is 5.91 Å². The van der Waals surface area contributed by atoms with Gasteiger partial charge in [0.05, 0.1) is 11.5 Å². The Bertz CT molecular complexity index is 844. The van der Waals surface area contributed by atoms with Gasteiger partial charge in [0.15, 0.2) is 9.84 Å². The molecule has 1 saturated heterocycles. The van der Waals surface area contributed by atoms with Gasteiger partial charge >= 0.3 is 0 Å². The molecule has 3 rings (SSSR count). The molecule has 1 atom stereocenters. The van der Waals surface area contributed by atoms with Crippen molar-refractivity contribution in [3.63, 3.8) is 0 Å². The van der Waals surface area contributed by atoms with Gasteiger partial charge in [-0.2, -0.15) is 0 Å². The number of nitrogens with one attached hydrogen (secondary N) is 2. The number of carbonyl (C=O) groups is 1. The molecule has 1 heterocycles. The van der Waals surface area contributed by atoms with Gasteiger partial charge in [-0.3, -0.25) is 4.79 Å². The number of rotatable bonds is 7. The van der Waals surface area contributed by atoms with Crippen molar-refractivity contribution >= 4 is 21.4 Å². The second-order valence-electron chi connectivity index (χ2n) is 6.76. The van der Waals surface area contributed by atoms with E-state index in [1.54, 1.807) is 24.3 Å². The van der Waals surface area contributed by atoms with Crippen molar-refractivity contribution in [2.45, 2.75) is 36.8 Å². The van der Waals surface area contributed by atoms with Crippen molar-refractivity contribution in [3.05, 3.63) is 65.7 Å². The minimum absolute atomic E-state index is 0.0117. The van der Waals surface area contributed by atoms with E-state index in [2.05, 4.69) is 10.6 Å². The Kier molecular flexibility index (Phi) is 6.06. The van der Waals surface area contributed by atoms with Crippen molar-refractivity contribution in [1.29, 1.82) is 0 Å². The maximum atomic E-state index is 12.4. The van der Waals surface area contributed by atoms with Crippen molar-refractivity contribution < 1.29 is 13.2 Å². The number of hydrogen-bond donors (Lipinski definition) is 2. The largest absolute Gasteiger partial charge is 0.326 e. The molecule has 1 unspecified atom stereocenters. The highest BCUT2D eigenvalue weighted by Gasteiger charge is 2.18. The normalized spacial score (nSPS) is 17.2. The molecule has 26 heavy (non-hydrogen) atoms. The molecule has 0 spiro atoms. The molecule has 0 saturated carbocycles. The highest BCUT2D eigenvalue weighted by molar-refractivity contribution is 7.89. The van der Waals surface area contributed by atoms with Crippen LogP contribution < -0.4 is 10.6 Å². The third kappa shape index (κ3) is 5.68. The van der Waals surface area contributed by atoms with Crippen LogP contribution in [-0.2, 0) is 26.1 Å². The lowest BCUT2D eigenvalue weighted by atomic mass is 10.1. The fourth-order valence-corrected chi connectivity index (χ4v) is 4.73. The maximum absolute atomic E-state index is 12.4. The summed E-state index contributed by atoms with van der Waals surface area (Å²) in [6.45, 7) is 0.965. The van der Waals surface area contributed by atoms with E-state index in [1.807, 2.05) is 30.3 Å². The first-order valence-electron chi connectivity index (χ1n) is 8.87. The van der Waals surface area contributed by atoms with Crippen molar-refractivity contribution in [1.82, 2.24) is 5.32 Å². The lowest BCUT2D eigenvalue weighted by molar-refractivity contribution is -0.116. The molecule has 138 valence electrons. The molecule has 6 heteroatoms. The third-order valence-electron chi connectivity index (χ3n) is 4.42. The average molecular weight is 372 g/mol. The van der Waals surface area contributed by atoms with E-state index in [4.69, 9.17) is 0 Å². The predicted octanol–water partition coefficient (Wildman–Crippen LogP) is 2.88. The summed E-state index contributed by atoms with van der Waals surface area (Å²) in [5.74, 6) is -0.0817. The average Bonchev–Trinajstić information content (AvgIpc) is 3.08. The summed E-state index contributed by atoms with van der Waals surface area (Å²) in [6.07, 6.45) is 2.56. The molecule has 2 N–H and O–H groups in total. The first kappa shape index (κ1) is 18.6. The Morgan fingerprint density at radius 3 is 2.50 bits per heavy atom. The van der Waals surface area contributed by atoms with Gasteiger partial charge in [-0.1, -0.05) is 42.5 Å². The molecule has 0 aromatic heterocycles. The van der Waals surface area contributed by atoms with Crippen LogP contribution in [0.5, 0.6) is 0 Å². The summed E-state index contributed by atoms with van der Waals surface area (Å²) in [5, 5.41) is 6.17. The summed E-state index contributed by atoms with van der Waals surface area (Å²) in [4.78, 5) is 12.1. The number of amides is 1. The van der Waals surface area contributed by atoms with Gasteiger partial charge in [-0.15, -0.1) is 0 Å². The van der Waals surface area contributed by atoms with Crippen LogP contribution in [0.3, 0.4) is 0 Å². The Balaban J connectivity index is 1.60. The topological polar surface area (TPSA) is 75.3 Å². The minimum atomic E-state index is -3.27. The van der Waals surface area contributed by atoms with E-state index in [1.165, 1.54) is 0 Å². The number of carbonyl (C=O) groups excluding carboxylic acids is 1. The lowest BCUT2D eigenvalue weighted by Gasteiger charge is -2.11. The van der Waals surface area contributed by atoms with Crippen molar-refractivity contribution in [3.8, 4) is 0 Å². The van der Waals surface area contributed by atoms with E-state index < -0.39 is 9.84 Å². The number of benzene rings is 2. The Morgan fingerprint density at radius 1 is 1.04 bits per heavy atom. The number of anilines is 1. The second-order valence-corrected chi connectivity index (χ2v) is 8.83. The number of hydrogen-bond acceptors (Lipinski definition) is 4. The Labute approximate surface area is 154 Å². The fraction of sp³-hybridized carbons (Fsp3) is 0.350. The summed E-state index contributed by atoms with van der Waals surface area (Å²) < 4.78 is 24.9. The van der Waals surface area contributed by atoms with E-state index in [0.29, 0.717) is 17.7 Å².